The molecule has 5 unspecified atom stereocenters. The maximum absolute atomic E-state index is 12.0. The molecule has 0 radical (unpaired) electrons. The van der Waals surface area contributed by atoms with E-state index in [1.165, 1.54) is 6.07 Å². The topological polar surface area (TPSA) is 94.8 Å². The summed E-state index contributed by atoms with van der Waals surface area (Å²) in [6.45, 7) is 26.2. The minimum Gasteiger partial charge on any atom is -0.493 e. The van der Waals surface area contributed by atoms with Crippen LogP contribution in [0.2, 0.25) is 78.6 Å². The standard InChI is InChI=1S/C28H50O9Si4/c1-30-21-16-19-14-15-24(29)32-20(19)17-22(21)33-28-27(37-41(11,12)13)26(36-40(8,9)10)25(35-39(5,6)7)23(34-28)18-31-38(2,3)4/h14-17,23,25-28H,18H2,1-13H3. The van der Waals surface area contributed by atoms with Gasteiger partial charge in [-0.1, -0.05) is 0 Å². The third kappa shape index (κ3) is 10.4. The fraction of sp³-hybridized carbons (Fsp3) is 0.679. The Balaban J connectivity index is 2.15. The van der Waals surface area contributed by atoms with Crippen LogP contribution in [0.3, 0.4) is 0 Å². The summed E-state index contributed by atoms with van der Waals surface area (Å²) in [7, 11) is -6.59. The van der Waals surface area contributed by atoms with Gasteiger partial charge in [0, 0.05) is 17.5 Å². The maximum atomic E-state index is 12.0. The van der Waals surface area contributed by atoms with Gasteiger partial charge in [-0.25, -0.2) is 4.79 Å². The van der Waals surface area contributed by atoms with Crippen LogP contribution >= 0.6 is 0 Å². The van der Waals surface area contributed by atoms with Crippen LogP contribution in [0.1, 0.15) is 0 Å². The molecule has 2 aromatic rings. The lowest BCUT2D eigenvalue weighted by Gasteiger charge is -2.50. The molecule has 0 spiro atoms. The minimum atomic E-state index is -2.14. The highest BCUT2D eigenvalue weighted by atomic mass is 28.4. The molecule has 1 aliphatic heterocycles. The van der Waals surface area contributed by atoms with Crippen LogP contribution in [0.4, 0.5) is 0 Å². The van der Waals surface area contributed by atoms with Gasteiger partial charge in [0.15, 0.2) is 44.8 Å². The van der Waals surface area contributed by atoms with Crippen molar-refractivity contribution >= 4 is 44.2 Å². The number of rotatable bonds is 12. The molecule has 1 aliphatic rings. The van der Waals surface area contributed by atoms with Gasteiger partial charge >= 0.3 is 5.63 Å². The van der Waals surface area contributed by atoms with Crippen molar-refractivity contribution in [2.45, 2.75) is 109 Å². The predicted octanol–water partition coefficient (Wildman–Crippen LogP) is 6.42. The van der Waals surface area contributed by atoms with Crippen molar-refractivity contribution in [3.05, 3.63) is 34.7 Å². The first-order valence-corrected chi connectivity index (χ1v) is 27.9. The Morgan fingerprint density at radius 3 is 1.80 bits per heavy atom. The molecular weight excluding hydrogens is 593 g/mol. The van der Waals surface area contributed by atoms with E-state index in [0.717, 1.165) is 5.39 Å². The zero-order chi connectivity index (χ0) is 31.0. The molecule has 1 aromatic heterocycles. The fourth-order valence-corrected chi connectivity index (χ4v) is 8.43. The van der Waals surface area contributed by atoms with E-state index in [-0.39, 0.29) is 0 Å². The van der Waals surface area contributed by atoms with Gasteiger partial charge in [-0.15, -0.1) is 0 Å². The van der Waals surface area contributed by atoms with E-state index in [0.29, 0.717) is 23.7 Å². The van der Waals surface area contributed by atoms with Crippen molar-refractivity contribution < 1.29 is 36.3 Å². The smallest absolute Gasteiger partial charge is 0.336 e. The van der Waals surface area contributed by atoms with Gasteiger partial charge < -0.3 is 36.3 Å². The van der Waals surface area contributed by atoms with Crippen molar-refractivity contribution in [3.63, 3.8) is 0 Å². The fourth-order valence-electron chi connectivity index (χ4n) is 4.52. The number of benzene rings is 1. The van der Waals surface area contributed by atoms with E-state index in [2.05, 4.69) is 78.6 Å². The largest absolute Gasteiger partial charge is 0.493 e. The molecule has 5 atom stereocenters. The summed E-state index contributed by atoms with van der Waals surface area (Å²) in [4.78, 5) is 12.0. The van der Waals surface area contributed by atoms with Gasteiger partial charge in [0.2, 0.25) is 6.29 Å². The summed E-state index contributed by atoms with van der Waals surface area (Å²) in [6, 6.07) is 6.52. The Morgan fingerprint density at radius 1 is 0.707 bits per heavy atom. The highest BCUT2D eigenvalue weighted by Gasteiger charge is 2.53. The maximum Gasteiger partial charge on any atom is 0.336 e. The third-order valence-electron chi connectivity index (χ3n) is 5.89. The monoisotopic (exact) mass is 642 g/mol. The number of ether oxygens (including phenoxy) is 3. The van der Waals surface area contributed by atoms with Crippen LogP contribution < -0.4 is 15.1 Å². The van der Waals surface area contributed by atoms with Crippen molar-refractivity contribution in [2.75, 3.05) is 13.7 Å². The van der Waals surface area contributed by atoms with Crippen LogP contribution in [-0.2, 0) is 22.4 Å². The van der Waals surface area contributed by atoms with Crippen LogP contribution in [0.25, 0.3) is 11.0 Å². The first-order valence-electron chi connectivity index (χ1n) is 14.3. The highest BCUT2D eigenvalue weighted by Crippen LogP contribution is 2.38. The molecule has 0 amide bonds. The van der Waals surface area contributed by atoms with Gasteiger partial charge in [-0.2, -0.15) is 0 Å². The van der Waals surface area contributed by atoms with E-state index >= 15 is 0 Å². The summed E-state index contributed by atoms with van der Waals surface area (Å²) < 4.78 is 51.4. The highest BCUT2D eigenvalue weighted by molar-refractivity contribution is 6.71. The van der Waals surface area contributed by atoms with E-state index < -0.39 is 69.6 Å². The zero-order valence-electron chi connectivity index (χ0n) is 27.1. The molecule has 0 bridgehead atoms. The Labute approximate surface area is 249 Å². The van der Waals surface area contributed by atoms with Crippen LogP contribution in [0.15, 0.2) is 33.5 Å². The Hall–Kier alpha value is -1.30. The lowest BCUT2D eigenvalue weighted by atomic mass is 9.99. The molecular formula is C28H50O9Si4. The van der Waals surface area contributed by atoms with Gasteiger partial charge in [-0.05, 0) is 90.7 Å². The Morgan fingerprint density at radius 2 is 1.27 bits per heavy atom. The Bertz CT molecular complexity index is 1220. The van der Waals surface area contributed by atoms with Crippen LogP contribution in [0.5, 0.6) is 11.5 Å². The summed E-state index contributed by atoms with van der Waals surface area (Å²) >= 11 is 0. The SMILES string of the molecule is COc1cc2ccc(=O)oc2cc1OC1OC(CO[Si](C)(C)C)C(O[Si](C)(C)C)C(O[Si](C)(C)C)C1O[Si](C)(C)C. The minimum absolute atomic E-state index is 0.347. The van der Waals surface area contributed by atoms with Crippen molar-refractivity contribution in [3.8, 4) is 11.5 Å². The quantitative estimate of drug-likeness (QED) is 0.192. The first kappa shape index (κ1) is 34.2. The van der Waals surface area contributed by atoms with Crippen molar-refractivity contribution in [1.82, 2.24) is 0 Å². The first-order chi connectivity index (χ1) is 18.6. The van der Waals surface area contributed by atoms with E-state index in [1.54, 1.807) is 25.3 Å². The summed E-state index contributed by atoms with van der Waals surface area (Å²) in [6.07, 6.45) is -2.74. The molecule has 9 nitrogen and oxygen atoms in total. The van der Waals surface area contributed by atoms with Crippen molar-refractivity contribution in [1.29, 1.82) is 0 Å². The molecule has 1 saturated heterocycles. The number of fused-ring (bicyclic) bond motifs is 1. The molecule has 3 rings (SSSR count). The van der Waals surface area contributed by atoms with Crippen molar-refractivity contribution in [2.24, 2.45) is 0 Å². The molecule has 0 aliphatic carbocycles. The number of methoxy groups -OCH3 is 1. The number of hydrogen-bond acceptors (Lipinski definition) is 9. The second-order valence-electron chi connectivity index (χ2n) is 14.5. The summed E-state index contributed by atoms with van der Waals surface area (Å²) in [5.74, 6) is 0.865. The second kappa shape index (κ2) is 12.7. The average molecular weight is 643 g/mol. The average Bonchev–Trinajstić information content (AvgIpc) is 2.78. The van der Waals surface area contributed by atoms with Crippen LogP contribution in [0, 0.1) is 0 Å². The zero-order valence-corrected chi connectivity index (χ0v) is 31.1. The van der Waals surface area contributed by atoms with Crippen LogP contribution in [-0.4, -0.2) is 77.7 Å². The van der Waals surface area contributed by atoms with E-state index in [9.17, 15) is 4.79 Å². The molecule has 232 valence electrons. The Kier molecular flexibility index (Phi) is 10.6. The molecule has 13 heteroatoms. The number of hydrogen-bond donors (Lipinski definition) is 0. The molecule has 0 saturated carbocycles. The van der Waals surface area contributed by atoms with E-state index in [4.69, 9.17) is 36.3 Å². The molecule has 1 aromatic carbocycles. The molecule has 0 N–H and O–H groups in total. The van der Waals surface area contributed by atoms with Gasteiger partial charge in [0.1, 0.15) is 30.0 Å². The molecule has 41 heavy (non-hydrogen) atoms. The summed E-state index contributed by atoms with van der Waals surface area (Å²) in [5, 5.41) is 0.721. The van der Waals surface area contributed by atoms with Gasteiger partial charge in [-0.3, -0.25) is 0 Å². The second-order valence-corrected chi connectivity index (χ2v) is 32.4. The predicted molar refractivity (Wildman–Crippen MR) is 172 cm³/mol. The summed E-state index contributed by atoms with van der Waals surface area (Å²) in [5.41, 5.74) is -0.0544. The van der Waals surface area contributed by atoms with E-state index in [1.807, 2.05) is 0 Å². The third-order valence-corrected chi connectivity index (χ3v) is 9.86. The molecule has 2 heterocycles. The normalized spacial score (nSPS) is 24.5. The lowest BCUT2D eigenvalue weighted by Crippen LogP contribution is -2.67. The molecule has 1 fully saturated rings. The van der Waals surface area contributed by atoms with Gasteiger partial charge in [0.25, 0.3) is 0 Å². The lowest BCUT2D eigenvalue weighted by molar-refractivity contribution is -0.265. The van der Waals surface area contributed by atoms with Gasteiger partial charge in [0.05, 0.1) is 13.7 Å².